The third-order valence-electron chi connectivity index (χ3n) is 6.17. The van der Waals surface area contributed by atoms with Gasteiger partial charge >= 0.3 is 12.8 Å². The Bertz CT molecular complexity index is 1900. The Balaban J connectivity index is 1.35. The molecule has 3 aromatic carbocycles. The van der Waals surface area contributed by atoms with Crippen molar-refractivity contribution in [3.63, 3.8) is 0 Å². The fraction of sp³-hybridized carbons (Fsp3) is 0.0714. The van der Waals surface area contributed by atoms with Gasteiger partial charge in [-0.15, -0.1) is 11.3 Å². The molecule has 0 saturated heterocycles. The maximum absolute atomic E-state index is 14.1. The SMILES string of the molecule is O=C(Nc1nc(-c2ccc(OC(F)F)cc2)cs1)c1cnn2c(C(F)(F)F)cc(-c3cccc4ccccc34)nc12. The molecule has 0 radical (unpaired) electrons. The molecule has 6 aromatic rings. The van der Waals surface area contributed by atoms with E-state index in [0.717, 1.165) is 29.0 Å². The van der Waals surface area contributed by atoms with Gasteiger partial charge < -0.3 is 4.74 Å². The Morgan fingerprint density at radius 3 is 2.46 bits per heavy atom. The zero-order chi connectivity index (χ0) is 28.7. The summed E-state index contributed by atoms with van der Waals surface area (Å²) in [5.74, 6) is -0.772. The molecular formula is C28H16F5N5O2S. The van der Waals surface area contributed by atoms with Crippen LogP contribution in [-0.4, -0.2) is 32.1 Å². The van der Waals surface area contributed by atoms with E-state index < -0.39 is 24.4 Å². The number of amides is 1. The van der Waals surface area contributed by atoms with Gasteiger partial charge in [0.25, 0.3) is 5.91 Å². The van der Waals surface area contributed by atoms with E-state index in [-0.39, 0.29) is 27.8 Å². The first-order valence-electron chi connectivity index (χ1n) is 11.9. The quantitative estimate of drug-likeness (QED) is 0.206. The number of nitrogens with one attached hydrogen (secondary N) is 1. The van der Waals surface area contributed by atoms with Gasteiger partial charge in [0, 0.05) is 16.5 Å². The number of anilines is 1. The number of carbonyl (C=O) groups is 1. The number of carbonyl (C=O) groups excluding carboxylic acids is 1. The Labute approximate surface area is 231 Å². The summed E-state index contributed by atoms with van der Waals surface area (Å²) in [7, 11) is 0. The maximum atomic E-state index is 14.1. The molecule has 1 N–H and O–H groups in total. The van der Waals surface area contributed by atoms with Crippen molar-refractivity contribution in [2.24, 2.45) is 0 Å². The maximum Gasteiger partial charge on any atom is 0.433 e. The van der Waals surface area contributed by atoms with E-state index in [0.29, 0.717) is 26.7 Å². The molecule has 0 unspecified atom stereocenters. The molecule has 41 heavy (non-hydrogen) atoms. The van der Waals surface area contributed by atoms with Crippen LogP contribution in [-0.2, 0) is 6.18 Å². The lowest BCUT2D eigenvalue weighted by Crippen LogP contribution is -2.15. The van der Waals surface area contributed by atoms with Crippen LogP contribution in [0.4, 0.5) is 27.1 Å². The lowest BCUT2D eigenvalue weighted by atomic mass is 10.0. The zero-order valence-corrected chi connectivity index (χ0v) is 21.4. The van der Waals surface area contributed by atoms with Crippen molar-refractivity contribution in [3.8, 4) is 28.3 Å². The van der Waals surface area contributed by atoms with Crippen molar-refractivity contribution in [3.05, 3.63) is 95.6 Å². The minimum atomic E-state index is -4.78. The minimum Gasteiger partial charge on any atom is -0.435 e. The first kappa shape index (κ1) is 26.3. The number of hydrogen-bond donors (Lipinski definition) is 1. The van der Waals surface area contributed by atoms with E-state index in [9.17, 15) is 26.7 Å². The summed E-state index contributed by atoms with van der Waals surface area (Å²) >= 11 is 1.08. The number of halogens is 5. The van der Waals surface area contributed by atoms with Crippen molar-refractivity contribution in [1.29, 1.82) is 0 Å². The van der Waals surface area contributed by atoms with Crippen LogP contribution in [0.1, 0.15) is 16.1 Å². The molecule has 0 aliphatic carbocycles. The highest BCUT2D eigenvalue weighted by Gasteiger charge is 2.36. The third-order valence-corrected chi connectivity index (χ3v) is 6.93. The summed E-state index contributed by atoms with van der Waals surface area (Å²) in [6.07, 6.45) is -3.75. The predicted molar refractivity (Wildman–Crippen MR) is 143 cm³/mol. The number of hydrogen-bond acceptors (Lipinski definition) is 6. The predicted octanol–water partition coefficient (Wildman–Crippen LogP) is 7.55. The topological polar surface area (TPSA) is 81.4 Å². The molecule has 0 atom stereocenters. The molecule has 6 rings (SSSR count). The third kappa shape index (κ3) is 5.18. The van der Waals surface area contributed by atoms with E-state index in [2.05, 4.69) is 25.1 Å². The van der Waals surface area contributed by atoms with Crippen LogP contribution in [0.3, 0.4) is 0 Å². The van der Waals surface area contributed by atoms with Crippen molar-refractivity contribution in [2.75, 3.05) is 5.32 Å². The van der Waals surface area contributed by atoms with Crippen molar-refractivity contribution < 1.29 is 31.5 Å². The molecule has 7 nitrogen and oxygen atoms in total. The van der Waals surface area contributed by atoms with Crippen LogP contribution in [0.5, 0.6) is 5.75 Å². The van der Waals surface area contributed by atoms with Gasteiger partial charge in [-0.3, -0.25) is 10.1 Å². The molecule has 1 amide bonds. The number of ether oxygens (including phenoxy) is 1. The second-order valence-electron chi connectivity index (χ2n) is 8.74. The van der Waals surface area contributed by atoms with Gasteiger partial charge in [0.1, 0.15) is 11.3 Å². The first-order valence-corrected chi connectivity index (χ1v) is 12.8. The van der Waals surface area contributed by atoms with Crippen LogP contribution in [0.15, 0.2) is 84.4 Å². The van der Waals surface area contributed by atoms with Crippen molar-refractivity contribution >= 4 is 38.8 Å². The molecule has 3 aromatic heterocycles. The van der Waals surface area contributed by atoms with E-state index >= 15 is 0 Å². The minimum absolute atomic E-state index is 0.0193. The molecular weight excluding hydrogens is 565 g/mol. The normalized spacial score (nSPS) is 11.9. The second kappa shape index (κ2) is 10.2. The molecule has 0 bridgehead atoms. The van der Waals surface area contributed by atoms with Crippen LogP contribution in [0.2, 0.25) is 0 Å². The van der Waals surface area contributed by atoms with Crippen LogP contribution in [0.25, 0.3) is 38.9 Å². The van der Waals surface area contributed by atoms with Gasteiger partial charge in [-0.05, 0) is 41.1 Å². The highest BCUT2D eigenvalue weighted by Crippen LogP contribution is 2.35. The van der Waals surface area contributed by atoms with Crippen molar-refractivity contribution in [2.45, 2.75) is 12.8 Å². The van der Waals surface area contributed by atoms with Crippen LogP contribution in [0, 0.1) is 0 Å². The van der Waals surface area contributed by atoms with E-state index in [1.807, 2.05) is 18.2 Å². The molecule has 3 heterocycles. The van der Waals surface area contributed by atoms with E-state index in [1.165, 1.54) is 24.3 Å². The summed E-state index contributed by atoms with van der Waals surface area (Å²) in [5, 5.41) is 9.72. The summed E-state index contributed by atoms with van der Waals surface area (Å²) in [5.41, 5.74) is 0.00000148. The number of thiazole rings is 1. The first-order chi connectivity index (χ1) is 19.7. The second-order valence-corrected chi connectivity index (χ2v) is 9.60. The number of aromatic nitrogens is 4. The lowest BCUT2D eigenvalue weighted by molar-refractivity contribution is -0.142. The number of rotatable bonds is 6. The molecule has 0 saturated carbocycles. The number of nitrogens with zero attached hydrogens (tertiary/aromatic N) is 4. The standard InChI is InChI=1S/C28H16F5N5O2S/c29-26(30)40-17-10-8-16(9-11-17)22-14-41-27(36-22)37-25(39)20-13-34-38-23(28(31,32)33)12-21(35-24(20)38)19-7-3-5-15-4-1-2-6-18(15)19/h1-14,26H,(H,36,37,39). The van der Waals surface area contributed by atoms with E-state index in [1.54, 1.807) is 29.6 Å². The monoisotopic (exact) mass is 581 g/mol. The van der Waals surface area contributed by atoms with Gasteiger partial charge in [-0.2, -0.15) is 27.1 Å². The number of benzene rings is 3. The zero-order valence-electron chi connectivity index (χ0n) is 20.6. The highest BCUT2D eigenvalue weighted by molar-refractivity contribution is 7.14. The Morgan fingerprint density at radius 2 is 1.71 bits per heavy atom. The fourth-order valence-electron chi connectivity index (χ4n) is 4.35. The van der Waals surface area contributed by atoms with Gasteiger partial charge in [0.05, 0.1) is 17.6 Å². The molecule has 0 aliphatic rings. The summed E-state index contributed by atoms with van der Waals surface area (Å²) in [4.78, 5) is 22.0. The van der Waals surface area contributed by atoms with Gasteiger partial charge in [0.15, 0.2) is 16.5 Å². The molecule has 0 spiro atoms. The average Bonchev–Trinajstić information content (AvgIpc) is 3.59. The smallest absolute Gasteiger partial charge is 0.433 e. The van der Waals surface area contributed by atoms with Gasteiger partial charge in [-0.25, -0.2) is 14.5 Å². The van der Waals surface area contributed by atoms with Crippen LogP contribution >= 0.6 is 11.3 Å². The summed E-state index contributed by atoms with van der Waals surface area (Å²) < 4.78 is 72.0. The summed E-state index contributed by atoms with van der Waals surface area (Å²) in [6.45, 7) is -2.95. The van der Waals surface area contributed by atoms with Crippen LogP contribution < -0.4 is 10.1 Å². The molecule has 0 fully saturated rings. The molecule has 0 aliphatic heterocycles. The Kier molecular flexibility index (Phi) is 6.58. The number of alkyl halides is 5. The fourth-order valence-corrected chi connectivity index (χ4v) is 5.06. The van der Waals surface area contributed by atoms with Crippen molar-refractivity contribution in [1.82, 2.24) is 19.6 Å². The average molecular weight is 582 g/mol. The number of fused-ring (bicyclic) bond motifs is 2. The van der Waals surface area contributed by atoms with Gasteiger partial charge in [0.2, 0.25) is 0 Å². The lowest BCUT2D eigenvalue weighted by Gasteiger charge is -2.13. The molecule has 206 valence electrons. The van der Waals surface area contributed by atoms with Gasteiger partial charge in [-0.1, -0.05) is 42.5 Å². The largest absolute Gasteiger partial charge is 0.435 e. The van der Waals surface area contributed by atoms with E-state index in [4.69, 9.17) is 0 Å². The highest BCUT2D eigenvalue weighted by atomic mass is 32.1. The molecule has 13 heteroatoms. The summed E-state index contributed by atoms with van der Waals surface area (Å²) in [6, 6.07) is 19.1. The Hall–Kier alpha value is -4.91. The Morgan fingerprint density at radius 1 is 0.951 bits per heavy atom.